The lowest BCUT2D eigenvalue weighted by molar-refractivity contribution is 0.603. The van der Waals surface area contributed by atoms with Crippen LogP contribution < -0.4 is 0 Å². The van der Waals surface area contributed by atoms with E-state index in [0.29, 0.717) is 0 Å². The van der Waals surface area contributed by atoms with Crippen LogP contribution in [0.3, 0.4) is 0 Å². The molecule has 1 rings (SSSR count). The fourth-order valence-electron chi connectivity index (χ4n) is 1.74. The Morgan fingerprint density at radius 1 is 1.14 bits per heavy atom. The predicted molar refractivity (Wildman–Crippen MR) is 60.4 cm³/mol. The summed E-state index contributed by atoms with van der Waals surface area (Å²) in [5, 5.41) is 0. The van der Waals surface area contributed by atoms with Gasteiger partial charge < -0.3 is 4.57 Å². The molecular weight excluding hydrogens is 172 g/mol. The van der Waals surface area contributed by atoms with Gasteiger partial charge in [0.2, 0.25) is 0 Å². The summed E-state index contributed by atoms with van der Waals surface area (Å²) in [6.45, 7) is 5.47. The molecule has 0 unspecified atom stereocenters. The maximum absolute atomic E-state index is 4.37. The summed E-state index contributed by atoms with van der Waals surface area (Å²) in [7, 11) is 0. The first-order chi connectivity index (χ1) is 6.88. The minimum Gasteiger partial charge on any atom is -0.335 e. The number of aryl methyl sites for hydroxylation is 2. The van der Waals surface area contributed by atoms with Crippen LogP contribution in [0, 0.1) is 0 Å². The van der Waals surface area contributed by atoms with Gasteiger partial charge >= 0.3 is 0 Å². The SMILES string of the molecule is CCCCCCCc1nccn1CC. The van der Waals surface area contributed by atoms with Crippen LogP contribution in [-0.4, -0.2) is 9.55 Å². The molecule has 0 amide bonds. The molecule has 0 spiro atoms. The largest absolute Gasteiger partial charge is 0.335 e. The fraction of sp³-hybridized carbons (Fsp3) is 0.750. The van der Waals surface area contributed by atoms with Crippen molar-refractivity contribution < 1.29 is 0 Å². The summed E-state index contributed by atoms with van der Waals surface area (Å²) >= 11 is 0. The van der Waals surface area contributed by atoms with Gasteiger partial charge in [-0.15, -0.1) is 0 Å². The van der Waals surface area contributed by atoms with Crippen LogP contribution in [0.4, 0.5) is 0 Å². The molecule has 0 bridgehead atoms. The molecule has 1 heterocycles. The molecule has 0 atom stereocenters. The van der Waals surface area contributed by atoms with Crippen molar-refractivity contribution in [2.45, 2.75) is 58.9 Å². The summed E-state index contributed by atoms with van der Waals surface area (Å²) in [6.07, 6.45) is 11.8. The van der Waals surface area contributed by atoms with Crippen LogP contribution in [0.15, 0.2) is 12.4 Å². The van der Waals surface area contributed by atoms with E-state index in [9.17, 15) is 0 Å². The van der Waals surface area contributed by atoms with E-state index in [0.717, 1.165) is 13.0 Å². The third-order valence-electron chi connectivity index (χ3n) is 2.65. The van der Waals surface area contributed by atoms with Crippen molar-refractivity contribution in [1.29, 1.82) is 0 Å². The number of hydrogen-bond acceptors (Lipinski definition) is 1. The summed E-state index contributed by atoms with van der Waals surface area (Å²) in [5.74, 6) is 1.25. The van der Waals surface area contributed by atoms with E-state index < -0.39 is 0 Å². The number of nitrogens with zero attached hydrogens (tertiary/aromatic N) is 2. The number of rotatable bonds is 7. The Hall–Kier alpha value is -0.790. The number of unbranched alkanes of at least 4 members (excludes halogenated alkanes) is 4. The molecule has 80 valence electrons. The molecule has 0 N–H and O–H groups in total. The summed E-state index contributed by atoms with van der Waals surface area (Å²) in [5.41, 5.74) is 0. The standard InChI is InChI=1S/C12H22N2/c1-3-5-6-7-8-9-12-13-10-11-14(12)4-2/h10-11H,3-9H2,1-2H3. The normalized spacial score (nSPS) is 10.7. The Morgan fingerprint density at radius 2 is 1.93 bits per heavy atom. The highest BCUT2D eigenvalue weighted by molar-refractivity contribution is 4.91. The second-order valence-corrected chi connectivity index (χ2v) is 3.79. The first kappa shape index (κ1) is 11.3. The average molecular weight is 194 g/mol. The monoisotopic (exact) mass is 194 g/mol. The van der Waals surface area contributed by atoms with Gasteiger partial charge in [0.1, 0.15) is 5.82 Å². The zero-order chi connectivity index (χ0) is 10.2. The van der Waals surface area contributed by atoms with Gasteiger partial charge in [-0.05, 0) is 13.3 Å². The predicted octanol–water partition coefficient (Wildman–Crippen LogP) is 3.42. The van der Waals surface area contributed by atoms with Crippen molar-refractivity contribution in [3.05, 3.63) is 18.2 Å². The van der Waals surface area contributed by atoms with Crippen molar-refractivity contribution >= 4 is 0 Å². The van der Waals surface area contributed by atoms with E-state index in [1.54, 1.807) is 0 Å². The van der Waals surface area contributed by atoms with Gasteiger partial charge in [-0.3, -0.25) is 0 Å². The van der Waals surface area contributed by atoms with Gasteiger partial charge in [0.05, 0.1) is 0 Å². The van der Waals surface area contributed by atoms with Crippen LogP contribution in [0.2, 0.25) is 0 Å². The van der Waals surface area contributed by atoms with Crippen LogP contribution in [0.25, 0.3) is 0 Å². The molecule has 1 aromatic heterocycles. The van der Waals surface area contributed by atoms with Gasteiger partial charge in [0, 0.05) is 25.4 Å². The van der Waals surface area contributed by atoms with Gasteiger partial charge in [0.15, 0.2) is 0 Å². The molecule has 0 radical (unpaired) electrons. The molecule has 0 saturated heterocycles. The lowest BCUT2D eigenvalue weighted by Crippen LogP contribution is -2.00. The minimum atomic E-state index is 1.05. The Kier molecular flexibility index (Phi) is 5.35. The molecule has 2 heteroatoms. The molecule has 0 aliphatic heterocycles. The van der Waals surface area contributed by atoms with Crippen molar-refractivity contribution in [2.75, 3.05) is 0 Å². The first-order valence-electron chi connectivity index (χ1n) is 5.88. The molecule has 2 nitrogen and oxygen atoms in total. The molecule has 0 saturated carbocycles. The second kappa shape index (κ2) is 6.63. The Bertz CT molecular complexity index is 240. The highest BCUT2D eigenvalue weighted by Gasteiger charge is 1.99. The van der Waals surface area contributed by atoms with Crippen molar-refractivity contribution in [3.63, 3.8) is 0 Å². The highest BCUT2D eigenvalue weighted by atomic mass is 15.0. The number of imidazole rings is 1. The maximum Gasteiger partial charge on any atom is 0.108 e. The van der Waals surface area contributed by atoms with E-state index >= 15 is 0 Å². The van der Waals surface area contributed by atoms with Gasteiger partial charge in [-0.2, -0.15) is 0 Å². The quantitative estimate of drug-likeness (QED) is 0.608. The van der Waals surface area contributed by atoms with Gasteiger partial charge in [0.25, 0.3) is 0 Å². The van der Waals surface area contributed by atoms with Crippen LogP contribution in [0.1, 0.15) is 51.8 Å². The second-order valence-electron chi connectivity index (χ2n) is 3.79. The van der Waals surface area contributed by atoms with E-state index in [-0.39, 0.29) is 0 Å². The van der Waals surface area contributed by atoms with Gasteiger partial charge in [-0.1, -0.05) is 32.6 Å². The van der Waals surface area contributed by atoms with Crippen LogP contribution in [0.5, 0.6) is 0 Å². The van der Waals surface area contributed by atoms with E-state index in [2.05, 4.69) is 29.6 Å². The van der Waals surface area contributed by atoms with Crippen molar-refractivity contribution in [1.82, 2.24) is 9.55 Å². The summed E-state index contributed by atoms with van der Waals surface area (Å²) < 4.78 is 2.24. The number of aromatic nitrogens is 2. The summed E-state index contributed by atoms with van der Waals surface area (Å²) in [4.78, 5) is 4.37. The van der Waals surface area contributed by atoms with Crippen molar-refractivity contribution in [3.8, 4) is 0 Å². The number of hydrogen-bond donors (Lipinski definition) is 0. The maximum atomic E-state index is 4.37. The smallest absolute Gasteiger partial charge is 0.108 e. The topological polar surface area (TPSA) is 17.8 Å². The third kappa shape index (κ3) is 3.52. The third-order valence-corrected chi connectivity index (χ3v) is 2.65. The molecular formula is C12H22N2. The summed E-state index contributed by atoms with van der Waals surface area (Å²) in [6, 6.07) is 0. The molecule has 1 aromatic rings. The highest BCUT2D eigenvalue weighted by Crippen LogP contribution is 2.07. The molecule has 0 aliphatic rings. The lowest BCUT2D eigenvalue weighted by atomic mass is 10.1. The van der Waals surface area contributed by atoms with E-state index in [4.69, 9.17) is 0 Å². The Balaban J connectivity index is 2.17. The molecule has 0 aliphatic carbocycles. The Morgan fingerprint density at radius 3 is 2.64 bits per heavy atom. The van der Waals surface area contributed by atoms with E-state index in [1.807, 2.05) is 6.20 Å². The zero-order valence-corrected chi connectivity index (χ0v) is 9.50. The molecule has 0 fully saturated rings. The van der Waals surface area contributed by atoms with E-state index in [1.165, 1.54) is 37.9 Å². The van der Waals surface area contributed by atoms with Crippen molar-refractivity contribution in [2.24, 2.45) is 0 Å². The van der Waals surface area contributed by atoms with Crippen LogP contribution >= 0.6 is 0 Å². The first-order valence-corrected chi connectivity index (χ1v) is 5.88. The van der Waals surface area contributed by atoms with Gasteiger partial charge in [-0.25, -0.2) is 4.98 Å². The van der Waals surface area contributed by atoms with Crippen LogP contribution in [-0.2, 0) is 13.0 Å². The fourth-order valence-corrected chi connectivity index (χ4v) is 1.74. The minimum absolute atomic E-state index is 1.05. The molecule has 14 heavy (non-hydrogen) atoms. The average Bonchev–Trinajstić information content (AvgIpc) is 2.65. The Labute approximate surface area is 87.4 Å². The lowest BCUT2D eigenvalue weighted by Gasteiger charge is -2.04. The zero-order valence-electron chi connectivity index (χ0n) is 9.50. The molecule has 0 aromatic carbocycles.